The molecule has 1 N–H and O–H groups in total. The van der Waals surface area contributed by atoms with Gasteiger partial charge in [-0.1, -0.05) is 18.5 Å². The summed E-state index contributed by atoms with van der Waals surface area (Å²) in [5.74, 6) is 0.832. The first-order valence-electron chi connectivity index (χ1n) is 8.62. The number of carbonyl (C=O) groups is 2. The van der Waals surface area contributed by atoms with Gasteiger partial charge >= 0.3 is 0 Å². The summed E-state index contributed by atoms with van der Waals surface area (Å²) < 4.78 is 0. The Hall–Kier alpha value is -2.60. The molecule has 26 heavy (non-hydrogen) atoms. The van der Waals surface area contributed by atoms with Gasteiger partial charge in [0.25, 0.3) is 5.91 Å². The second-order valence-corrected chi connectivity index (χ2v) is 6.52. The molecule has 0 spiro atoms. The van der Waals surface area contributed by atoms with Crippen molar-refractivity contribution in [3.05, 3.63) is 53.2 Å². The summed E-state index contributed by atoms with van der Waals surface area (Å²) in [6.45, 7) is 4.82. The van der Waals surface area contributed by atoms with Gasteiger partial charge in [-0.15, -0.1) is 0 Å². The van der Waals surface area contributed by atoms with E-state index < -0.39 is 0 Å². The first-order chi connectivity index (χ1) is 12.6. The van der Waals surface area contributed by atoms with E-state index in [2.05, 4.69) is 15.2 Å². The third-order valence-electron chi connectivity index (χ3n) is 4.37. The summed E-state index contributed by atoms with van der Waals surface area (Å²) >= 11 is 5.83. The molecule has 1 saturated heterocycles. The van der Waals surface area contributed by atoms with E-state index in [-0.39, 0.29) is 11.8 Å². The number of anilines is 2. The molecular weight excluding hydrogens is 352 g/mol. The van der Waals surface area contributed by atoms with E-state index in [1.54, 1.807) is 30.5 Å². The summed E-state index contributed by atoms with van der Waals surface area (Å²) in [7, 11) is 0. The average molecular weight is 373 g/mol. The number of benzene rings is 1. The predicted octanol–water partition coefficient (Wildman–Crippen LogP) is 3.05. The summed E-state index contributed by atoms with van der Waals surface area (Å²) in [6, 6.07) is 10.4. The fourth-order valence-electron chi connectivity index (χ4n) is 2.86. The van der Waals surface area contributed by atoms with Crippen LogP contribution in [-0.2, 0) is 4.79 Å². The molecule has 6 nitrogen and oxygen atoms in total. The fraction of sp³-hybridized carbons (Fsp3) is 0.316. The van der Waals surface area contributed by atoms with Crippen LogP contribution in [-0.4, -0.2) is 47.9 Å². The third kappa shape index (κ3) is 4.32. The number of nitrogens with zero attached hydrogens (tertiary/aromatic N) is 3. The number of hydrogen-bond acceptors (Lipinski definition) is 4. The minimum absolute atomic E-state index is 0.192. The van der Waals surface area contributed by atoms with Gasteiger partial charge in [-0.3, -0.25) is 9.59 Å². The number of piperazine rings is 1. The zero-order valence-corrected chi connectivity index (χ0v) is 15.4. The normalized spacial score (nSPS) is 14.2. The number of pyridine rings is 1. The van der Waals surface area contributed by atoms with E-state index in [1.165, 1.54) is 0 Å². The summed E-state index contributed by atoms with van der Waals surface area (Å²) in [6.07, 6.45) is 2.19. The van der Waals surface area contributed by atoms with Crippen molar-refractivity contribution >= 4 is 34.9 Å². The molecule has 7 heteroatoms. The Bertz CT molecular complexity index is 769. The van der Waals surface area contributed by atoms with Crippen LogP contribution in [0.3, 0.4) is 0 Å². The lowest BCUT2D eigenvalue weighted by Gasteiger charge is -2.35. The Morgan fingerprint density at radius 1 is 1.08 bits per heavy atom. The van der Waals surface area contributed by atoms with E-state index in [0.29, 0.717) is 35.8 Å². The van der Waals surface area contributed by atoms with E-state index in [1.807, 2.05) is 24.0 Å². The van der Waals surface area contributed by atoms with Crippen LogP contribution in [0.2, 0.25) is 5.02 Å². The molecule has 1 aromatic carbocycles. The van der Waals surface area contributed by atoms with Crippen LogP contribution in [0, 0.1) is 0 Å². The molecule has 2 amide bonds. The van der Waals surface area contributed by atoms with Crippen LogP contribution in [0.25, 0.3) is 0 Å². The lowest BCUT2D eigenvalue weighted by Crippen LogP contribution is -2.48. The van der Waals surface area contributed by atoms with E-state index in [0.717, 1.165) is 18.9 Å². The standard InChI is InChI=1S/C19H21ClN4O2/c1-2-18(25)24-11-9-23(10-12-24)17-8-7-16(13-21-17)22-19(26)14-3-5-15(20)6-4-14/h3-8,13H,2,9-12H2,1H3,(H,22,26). The van der Waals surface area contributed by atoms with Crippen LogP contribution >= 0.6 is 11.6 Å². The molecule has 0 aliphatic carbocycles. The molecule has 136 valence electrons. The van der Waals surface area contributed by atoms with Crippen LogP contribution in [0.4, 0.5) is 11.5 Å². The molecule has 0 bridgehead atoms. The highest BCUT2D eigenvalue weighted by Crippen LogP contribution is 2.17. The van der Waals surface area contributed by atoms with Crippen molar-refractivity contribution in [2.24, 2.45) is 0 Å². The molecule has 0 radical (unpaired) electrons. The topological polar surface area (TPSA) is 65.5 Å². The molecule has 0 saturated carbocycles. The molecule has 1 aliphatic heterocycles. The molecule has 1 fully saturated rings. The average Bonchev–Trinajstić information content (AvgIpc) is 2.68. The largest absolute Gasteiger partial charge is 0.353 e. The van der Waals surface area contributed by atoms with Crippen LogP contribution in [0.1, 0.15) is 23.7 Å². The Kier molecular flexibility index (Phi) is 5.73. The van der Waals surface area contributed by atoms with Crippen molar-refractivity contribution in [1.82, 2.24) is 9.88 Å². The zero-order valence-electron chi connectivity index (χ0n) is 14.6. The molecule has 3 rings (SSSR count). The van der Waals surface area contributed by atoms with Gasteiger partial charge in [0.1, 0.15) is 5.82 Å². The number of carbonyl (C=O) groups excluding carboxylic acids is 2. The third-order valence-corrected chi connectivity index (χ3v) is 4.62. The zero-order chi connectivity index (χ0) is 18.5. The number of aromatic nitrogens is 1. The first-order valence-corrected chi connectivity index (χ1v) is 9.00. The van der Waals surface area contributed by atoms with Gasteiger partial charge < -0.3 is 15.1 Å². The quantitative estimate of drug-likeness (QED) is 0.895. The lowest BCUT2D eigenvalue weighted by molar-refractivity contribution is -0.131. The summed E-state index contributed by atoms with van der Waals surface area (Å²) in [5, 5.41) is 3.41. The van der Waals surface area contributed by atoms with E-state index in [4.69, 9.17) is 11.6 Å². The molecule has 1 aliphatic rings. The second kappa shape index (κ2) is 8.19. The predicted molar refractivity (Wildman–Crippen MR) is 103 cm³/mol. The number of amides is 2. The Balaban J connectivity index is 1.58. The molecule has 0 unspecified atom stereocenters. The van der Waals surface area contributed by atoms with Crippen molar-refractivity contribution < 1.29 is 9.59 Å². The number of rotatable bonds is 4. The van der Waals surface area contributed by atoms with Gasteiger partial charge in [0, 0.05) is 43.2 Å². The maximum atomic E-state index is 12.2. The number of halogens is 1. The van der Waals surface area contributed by atoms with Crippen molar-refractivity contribution in [1.29, 1.82) is 0 Å². The van der Waals surface area contributed by atoms with Crippen molar-refractivity contribution in [2.75, 3.05) is 36.4 Å². The maximum absolute atomic E-state index is 12.2. The van der Waals surface area contributed by atoms with Gasteiger partial charge in [-0.25, -0.2) is 4.98 Å². The maximum Gasteiger partial charge on any atom is 0.255 e. The van der Waals surface area contributed by atoms with Crippen molar-refractivity contribution in [3.63, 3.8) is 0 Å². The van der Waals surface area contributed by atoms with Crippen LogP contribution in [0.5, 0.6) is 0 Å². The first kappa shape index (κ1) is 18.2. The Labute approximate surface area is 157 Å². The Morgan fingerprint density at radius 3 is 2.35 bits per heavy atom. The fourth-order valence-corrected chi connectivity index (χ4v) is 2.99. The smallest absolute Gasteiger partial charge is 0.255 e. The van der Waals surface area contributed by atoms with Gasteiger partial charge in [0.2, 0.25) is 5.91 Å². The molecule has 2 aromatic rings. The van der Waals surface area contributed by atoms with Crippen molar-refractivity contribution in [3.8, 4) is 0 Å². The highest BCUT2D eigenvalue weighted by atomic mass is 35.5. The molecule has 0 atom stereocenters. The monoisotopic (exact) mass is 372 g/mol. The van der Waals surface area contributed by atoms with Crippen LogP contribution < -0.4 is 10.2 Å². The van der Waals surface area contributed by atoms with E-state index >= 15 is 0 Å². The number of hydrogen-bond donors (Lipinski definition) is 1. The molecule has 2 heterocycles. The second-order valence-electron chi connectivity index (χ2n) is 6.09. The van der Waals surface area contributed by atoms with Crippen molar-refractivity contribution in [2.45, 2.75) is 13.3 Å². The van der Waals surface area contributed by atoms with E-state index in [9.17, 15) is 9.59 Å². The Morgan fingerprint density at radius 2 is 1.77 bits per heavy atom. The van der Waals surface area contributed by atoms with Crippen LogP contribution in [0.15, 0.2) is 42.6 Å². The summed E-state index contributed by atoms with van der Waals surface area (Å²) in [4.78, 5) is 32.4. The minimum atomic E-state index is -0.206. The highest BCUT2D eigenvalue weighted by Gasteiger charge is 2.20. The number of nitrogens with one attached hydrogen (secondary N) is 1. The van der Waals surface area contributed by atoms with Gasteiger partial charge in [0.15, 0.2) is 0 Å². The lowest BCUT2D eigenvalue weighted by atomic mass is 10.2. The SMILES string of the molecule is CCC(=O)N1CCN(c2ccc(NC(=O)c3ccc(Cl)cc3)cn2)CC1. The van der Waals surface area contributed by atoms with Gasteiger partial charge in [-0.05, 0) is 36.4 Å². The highest BCUT2D eigenvalue weighted by molar-refractivity contribution is 6.30. The minimum Gasteiger partial charge on any atom is -0.353 e. The van der Waals surface area contributed by atoms with Gasteiger partial charge in [0.05, 0.1) is 11.9 Å². The summed E-state index contributed by atoms with van der Waals surface area (Å²) in [5.41, 5.74) is 1.17. The molecule has 1 aromatic heterocycles. The molecular formula is C19H21ClN4O2. The van der Waals surface area contributed by atoms with Gasteiger partial charge in [-0.2, -0.15) is 0 Å².